The molecule has 0 aliphatic rings. The van der Waals surface area contributed by atoms with E-state index in [1.165, 1.54) is 36.5 Å². The summed E-state index contributed by atoms with van der Waals surface area (Å²) in [5.74, 6) is -0.995. The van der Waals surface area contributed by atoms with Crippen molar-refractivity contribution in [2.75, 3.05) is 5.32 Å². The van der Waals surface area contributed by atoms with Gasteiger partial charge in [-0.25, -0.2) is 12.8 Å². The molecule has 0 aliphatic heterocycles. The Bertz CT molecular complexity index is 1300. The highest BCUT2D eigenvalue weighted by Gasteiger charge is 2.23. The van der Waals surface area contributed by atoms with Gasteiger partial charge in [-0.2, -0.15) is 0 Å². The first-order chi connectivity index (χ1) is 14.0. The maximum atomic E-state index is 13.8. The first-order valence-corrected chi connectivity index (χ1v) is 10.4. The van der Waals surface area contributed by atoms with E-state index in [0.717, 1.165) is 0 Å². The highest BCUT2D eigenvalue weighted by atomic mass is 32.2. The third kappa shape index (κ3) is 3.64. The largest absolute Gasteiger partial charge is 0.337 e. The summed E-state index contributed by atoms with van der Waals surface area (Å²) >= 11 is 0. The third-order valence-electron chi connectivity index (χ3n) is 4.56. The molecule has 1 aromatic heterocycles. The zero-order valence-electron chi connectivity index (χ0n) is 15.2. The summed E-state index contributed by atoms with van der Waals surface area (Å²) in [7, 11) is -3.76. The number of hydrogen-bond donors (Lipinski definition) is 1. The van der Waals surface area contributed by atoms with E-state index in [1.807, 2.05) is 0 Å². The van der Waals surface area contributed by atoms with Crippen LogP contribution >= 0.6 is 0 Å². The molecule has 5 nitrogen and oxygen atoms in total. The monoisotopic (exact) mass is 408 g/mol. The van der Waals surface area contributed by atoms with Crippen molar-refractivity contribution in [2.24, 2.45) is 0 Å². The first kappa shape index (κ1) is 18.9. The van der Waals surface area contributed by atoms with Gasteiger partial charge in [0.05, 0.1) is 15.5 Å². The van der Waals surface area contributed by atoms with Gasteiger partial charge in [0.2, 0.25) is 15.7 Å². The number of anilines is 1. The number of carbonyl (C=O) groups excluding carboxylic acids is 1. The number of carbonyl (C=O) groups is 1. The van der Waals surface area contributed by atoms with E-state index in [9.17, 15) is 17.6 Å². The van der Waals surface area contributed by atoms with Crippen molar-refractivity contribution in [3.8, 4) is 0 Å². The van der Waals surface area contributed by atoms with Crippen LogP contribution in [-0.4, -0.2) is 18.9 Å². The molecule has 4 rings (SSSR count). The number of nitrogens with zero attached hydrogens (tertiary/aromatic N) is 1. The molecule has 0 aliphatic carbocycles. The van der Waals surface area contributed by atoms with Gasteiger partial charge < -0.3 is 9.88 Å². The molecule has 0 atom stereocenters. The van der Waals surface area contributed by atoms with Gasteiger partial charge in [0.15, 0.2) is 0 Å². The molecular formula is C22H17FN2O3S. The van der Waals surface area contributed by atoms with Crippen LogP contribution in [0, 0.1) is 5.82 Å². The Morgan fingerprint density at radius 3 is 2.31 bits per heavy atom. The van der Waals surface area contributed by atoms with Crippen molar-refractivity contribution in [1.82, 2.24) is 4.57 Å². The fourth-order valence-electron chi connectivity index (χ4n) is 3.19. The number of hydrogen-bond acceptors (Lipinski definition) is 3. The fraction of sp³-hybridized carbons (Fsp3) is 0.0455. The van der Waals surface area contributed by atoms with E-state index in [0.29, 0.717) is 10.9 Å². The van der Waals surface area contributed by atoms with Gasteiger partial charge in [0.1, 0.15) is 12.4 Å². The van der Waals surface area contributed by atoms with Crippen molar-refractivity contribution in [2.45, 2.75) is 16.3 Å². The fourth-order valence-corrected chi connectivity index (χ4v) is 4.69. The molecule has 29 heavy (non-hydrogen) atoms. The smallest absolute Gasteiger partial charge is 0.244 e. The van der Waals surface area contributed by atoms with Crippen LogP contribution in [0.5, 0.6) is 0 Å². The zero-order chi connectivity index (χ0) is 20.4. The number of aromatic nitrogens is 1. The Balaban J connectivity index is 1.72. The molecule has 0 unspecified atom stereocenters. The molecule has 0 spiro atoms. The second-order valence-corrected chi connectivity index (χ2v) is 8.40. The normalized spacial score (nSPS) is 11.5. The SMILES string of the molecule is O=C(Cn1cc(S(=O)(=O)c2ccccc2)c2ccccc21)Nc1ccccc1F. The molecule has 1 N–H and O–H groups in total. The number of amides is 1. The van der Waals surface area contributed by atoms with Crippen LogP contribution < -0.4 is 5.32 Å². The quantitative estimate of drug-likeness (QED) is 0.537. The number of rotatable bonds is 5. The minimum atomic E-state index is -3.76. The second kappa shape index (κ2) is 7.52. The van der Waals surface area contributed by atoms with E-state index in [-0.39, 0.29) is 22.0 Å². The van der Waals surface area contributed by atoms with E-state index in [2.05, 4.69) is 5.32 Å². The molecule has 3 aromatic carbocycles. The lowest BCUT2D eigenvalue weighted by atomic mass is 10.2. The summed E-state index contributed by atoms with van der Waals surface area (Å²) in [6.07, 6.45) is 1.45. The minimum Gasteiger partial charge on any atom is -0.337 e. The van der Waals surface area contributed by atoms with E-state index < -0.39 is 21.6 Å². The molecular weight excluding hydrogens is 391 g/mol. The van der Waals surface area contributed by atoms with Crippen molar-refractivity contribution in [1.29, 1.82) is 0 Å². The Labute approximate surface area is 167 Å². The summed E-state index contributed by atoms with van der Waals surface area (Å²) in [6.45, 7) is -0.154. The molecule has 0 saturated heterocycles. The van der Waals surface area contributed by atoms with Gasteiger partial charge in [-0.1, -0.05) is 48.5 Å². The molecule has 146 valence electrons. The van der Waals surface area contributed by atoms with Crippen LogP contribution in [-0.2, 0) is 21.2 Å². The predicted molar refractivity (Wildman–Crippen MR) is 109 cm³/mol. The topological polar surface area (TPSA) is 68.2 Å². The number of nitrogens with one attached hydrogen (secondary N) is 1. The van der Waals surface area contributed by atoms with Crippen LogP contribution in [0.15, 0.2) is 94.9 Å². The lowest BCUT2D eigenvalue weighted by molar-refractivity contribution is -0.116. The number of fused-ring (bicyclic) bond motifs is 1. The van der Waals surface area contributed by atoms with Crippen molar-refractivity contribution in [3.05, 3.63) is 90.9 Å². The van der Waals surface area contributed by atoms with Gasteiger partial charge in [-0.15, -0.1) is 0 Å². The molecule has 4 aromatic rings. The number of sulfone groups is 1. The molecule has 0 fully saturated rings. The lowest BCUT2D eigenvalue weighted by Gasteiger charge is -2.08. The van der Waals surface area contributed by atoms with Gasteiger partial charge in [-0.05, 0) is 30.3 Å². The van der Waals surface area contributed by atoms with Crippen molar-refractivity contribution in [3.63, 3.8) is 0 Å². The maximum Gasteiger partial charge on any atom is 0.244 e. The Morgan fingerprint density at radius 2 is 1.55 bits per heavy atom. The lowest BCUT2D eigenvalue weighted by Crippen LogP contribution is -2.19. The standard InChI is InChI=1S/C22H17FN2O3S/c23-18-11-5-6-12-19(18)24-22(26)15-25-14-21(17-10-4-7-13-20(17)25)29(27,28)16-8-2-1-3-9-16/h1-14H,15H2,(H,24,26). The Morgan fingerprint density at radius 1 is 0.897 bits per heavy atom. The Kier molecular flexibility index (Phi) is 4.90. The summed E-state index contributed by atoms with van der Waals surface area (Å²) in [5.41, 5.74) is 0.678. The zero-order valence-corrected chi connectivity index (χ0v) is 16.1. The van der Waals surface area contributed by atoms with Crippen LogP contribution in [0.4, 0.5) is 10.1 Å². The Hall–Kier alpha value is -3.45. The third-order valence-corrected chi connectivity index (χ3v) is 6.35. The number of benzene rings is 3. The summed E-state index contributed by atoms with van der Waals surface area (Å²) in [4.78, 5) is 12.8. The molecule has 0 radical (unpaired) electrons. The van der Waals surface area contributed by atoms with E-state index in [1.54, 1.807) is 53.1 Å². The highest BCUT2D eigenvalue weighted by Crippen LogP contribution is 2.30. The molecule has 0 bridgehead atoms. The van der Waals surface area contributed by atoms with Crippen LogP contribution in [0.25, 0.3) is 10.9 Å². The highest BCUT2D eigenvalue weighted by molar-refractivity contribution is 7.91. The second-order valence-electron chi connectivity index (χ2n) is 6.48. The maximum absolute atomic E-state index is 13.8. The average molecular weight is 408 g/mol. The summed E-state index contributed by atoms with van der Waals surface area (Å²) in [6, 6.07) is 21.0. The van der Waals surface area contributed by atoms with Gasteiger partial charge in [0, 0.05) is 17.1 Å². The van der Waals surface area contributed by atoms with Gasteiger partial charge >= 0.3 is 0 Å². The summed E-state index contributed by atoms with van der Waals surface area (Å²) in [5, 5.41) is 3.04. The van der Waals surface area contributed by atoms with E-state index in [4.69, 9.17) is 0 Å². The minimum absolute atomic E-state index is 0.0751. The van der Waals surface area contributed by atoms with Crippen LogP contribution in [0.3, 0.4) is 0 Å². The average Bonchev–Trinajstić information content (AvgIpc) is 3.10. The van der Waals surface area contributed by atoms with Gasteiger partial charge in [0.25, 0.3) is 0 Å². The molecule has 7 heteroatoms. The molecule has 0 saturated carbocycles. The van der Waals surface area contributed by atoms with Crippen LogP contribution in [0.1, 0.15) is 0 Å². The van der Waals surface area contributed by atoms with Crippen LogP contribution in [0.2, 0.25) is 0 Å². The molecule has 1 amide bonds. The van der Waals surface area contributed by atoms with Gasteiger partial charge in [-0.3, -0.25) is 4.79 Å². The number of para-hydroxylation sites is 2. The predicted octanol–water partition coefficient (Wildman–Crippen LogP) is 4.25. The summed E-state index contributed by atoms with van der Waals surface area (Å²) < 4.78 is 41.6. The first-order valence-electron chi connectivity index (χ1n) is 8.89. The van der Waals surface area contributed by atoms with E-state index >= 15 is 0 Å². The van der Waals surface area contributed by atoms with Crippen molar-refractivity contribution < 1.29 is 17.6 Å². The number of halogens is 1. The van der Waals surface area contributed by atoms with Crippen molar-refractivity contribution >= 4 is 32.3 Å². The molecule has 1 heterocycles.